The van der Waals surface area contributed by atoms with E-state index in [1.165, 1.54) is 45.4 Å². The Morgan fingerprint density at radius 3 is 1.88 bits per heavy atom. The molecule has 0 radical (unpaired) electrons. The first-order chi connectivity index (χ1) is 15.5. The van der Waals surface area contributed by atoms with E-state index in [2.05, 4.69) is 6.92 Å². The number of unbranched alkanes of at least 4 members (excludes halogenated alkanes) is 8. The zero-order chi connectivity index (χ0) is 23.4. The van der Waals surface area contributed by atoms with Crippen LogP contribution in [-0.2, 0) is 25.7 Å². The third-order valence-electron chi connectivity index (χ3n) is 5.75. The molecular weight excluding hydrogens is 404 g/mol. The van der Waals surface area contributed by atoms with Crippen molar-refractivity contribution in [3.63, 3.8) is 0 Å². The van der Waals surface area contributed by atoms with Crippen molar-refractivity contribution in [1.82, 2.24) is 0 Å². The molecule has 182 valence electrons. The predicted molar refractivity (Wildman–Crippen MR) is 129 cm³/mol. The van der Waals surface area contributed by atoms with Crippen molar-refractivity contribution in [3.8, 4) is 0 Å². The molecular formula is C27H44O5. The summed E-state index contributed by atoms with van der Waals surface area (Å²) < 4.78 is 11.3. The number of benzene rings is 1. The van der Waals surface area contributed by atoms with E-state index in [0.29, 0.717) is 6.61 Å². The van der Waals surface area contributed by atoms with Crippen molar-refractivity contribution in [2.24, 2.45) is 0 Å². The van der Waals surface area contributed by atoms with Crippen LogP contribution in [0.15, 0.2) is 30.3 Å². The normalized spacial score (nSPS) is 12.9. The molecule has 0 spiro atoms. The van der Waals surface area contributed by atoms with Crippen molar-refractivity contribution >= 4 is 11.9 Å². The van der Waals surface area contributed by atoms with Gasteiger partial charge in [0, 0.05) is 6.92 Å². The van der Waals surface area contributed by atoms with Crippen LogP contribution < -0.4 is 0 Å². The van der Waals surface area contributed by atoms with Crippen LogP contribution in [0, 0.1) is 0 Å². The lowest BCUT2D eigenvalue weighted by Crippen LogP contribution is -2.17. The summed E-state index contributed by atoms with van der Waals surface area (Å²) in [5, 5.41) is 9.14. The lowest BCUT2D eigenvalue weighted by Gasteiger charge is -2.17. The van der Waals surface area contributed by atoms with Crippen molar-refractivity contribution < 1.29 is 24.2 Å². The minimum absolute atomic E-state index is 0.0641. The average Bonchev–Trinajstić information content (AvgIpc) is 2.76. The lowest BCUT2D eigenvalue weighted by molar-refractivity contribution is -0.147. The van der Waals surface area contributed by atoms with Gasteiger partial charge in [-0.25, -0.2) is 0 Å². The van der Waals surface area contributed by atoms with Crippen LogP contribution in [0.1, 0.15) is 109 Å². The third kappa shape index (κ3) is 15.9. The SMILES string of the molecule is CCCCCC(CCCCCCCCCC(CC(=O)O)OCc1ccccc1)OC(C)=O. The molecule has 1 aromatic carbocycles. The fraction of sp³-hybridized carbons (Fsp3) is 0.704. The van der Waals surface area contributed by atoms with Gasteiger partial charge in [0.2, 0.25) is 0 Å². The zero-order valence-corrected chi connectivity index (χ0v) is 20.2. The summed E-state index contributed by atoms with van der Waals surface area (Å²) in [4.78, 5) is 22.4. The van der Waals surface area contributed by atoms with Crippen molar-refractivity contribution in [3.05, 3.63) is 35.9 Å². The van der Waals surface area contributed by atoms with Crippen molar-refractivity contribution in [1.29, 1.82) is 0 Å². The second kappa shape index (κ2) is 18.7. The van der Waals surface area contributed by atoms with Gasteiger partial charge in [0.15, 0.2) is 0 Å². The predicted octanol–water partition coefficient (Wildman–Crippen LogP) is 7.07. The molecule has 0 aromatic heterocycles. The number of hydrogen-bond donors (Lipinski definition) is 1. The lowest BCUT2D eigenvalue weighted by atomic mass is 10.0. The number of rotatable bonds is 20. The number of carboxylic acids is 1. The second-order valence-corrected chi connectivity index (χ2v) is 8.80. The highest BCUT2D eigenvalue weighted by Crippen LogP contribution is 2.18. The van der Waals surface area contributed by atoms with Crippen molar-refractivity contribution in [2.45, 2.75) is 123 Å². The topological polar surface area (TPSA) is 72.8 Å². The molecule has 0 heterocycles. The number of carbonyl (C=O) groups is 2. The van der Waals surface area contributed by atoms with E-state index in [1.54, 1.807) is 0 Å². The highest BCUT2D eigenvalue weighted by Gasteiger charge is 2.14. The van der Waals surface area contributed by atoms with E-state index in [4.69, 9.17) is 14.6 Å². The van der Waals surface area contributed by atoms with E-state index in [-0.39, 0.29) is 24.6 Å². The number of esters is 1. The van der Waals surface area contributed by atoms with Crippen LogP contribution in [0.4, 0.5) is 0 Å². The van der Waals surface area contributed by atoms with Gasteiger partial charge in [-0.1, -0.05) is 88.6 Å². The molecule has 1 aromatic rings. The molecule has 0 amide bonds. The summed E-state index contributed by atoms with van der Waals surface area (Å²) in [5.41, 5.74) is 1.07. The van der Waals surface area contributed by atoms with E-state index in [9.17, 15) is 9.59 Å². The highest BCUT2D eigenvalue weighted by molar-refractivity contribution is 5.67. The molecule has 2 unspecified atom stereocenters. The molecule has 0 fully saturated rings. The monoisotopic (exact) mass is 448 g/mol. The Kier molecular flexibility index (Phi) is 16.4. The Labute approximate surface area is 194 Å². The Morgan fingerprint density at radius 1 is 0.812 bits per heavy atom. The van der Waals surface area contributed by atoms with Gasteiger partial charge in [-0.2, -0.15) is 0 Å². The van der Waals surface area contributed by atoms with Crippen molar-refractivity contribution in [2.75, 3.05) is 0 Å². The zero-order valence-electron chi connectivity index (χ0n) is 20.2. The van der Waals surface area contributed by atoms with Crippen LogP contribution >= 0.6 is 0 Å². The molecule has 0 saturated heterocycles. The molecule has 5 nitrogen and oxygen atoms in total. The largest absolute Gasteiger partial charge is 0.481 e. The Bertz CT molecular complexity index is 601. The van der Waals surface area contributed by atoms with Gasteiger partial charge in [0.1, 0.15) is 6.10 Å². The smallest absolute Gasteiger partial charge is 0.305 e. The molecule has 5 heteroatoms. The minimum atomic E-state index is -0.801. The van der Waals surface area contributed by atoms with Gasteiger partial charge < -0.3 is 14.6 Å². The molecule has 0 aliphatic carbocycles. The average molecular weight is 449 g/mol. The highest BCUT2D eigenvalue weighted by atomic mass is 16.5. The van der Waals surface area contributed by atoms with E-state index in [0.717, 1.165) is 50.5 Å². The van der Waals surface area contributed by atoms with E-state index >= 15 is 0 Å². The van der Waals surface area contributed by atoms with Gasteiger partial charge >= 0.3 is 11.9 Å². The summed E-state index contributed by atoms with van der Waals surface area (Å²) in [7, 11) is 0. The maximum atomic E-state index is 11.3. The maximum Gasteiger partial charge on any atom is 0.305 e. The van der Waals surface area contributed by atoms with E-state index < -0.39 is 5.97 Å². The first kappa shape index (κ1) is 28.2. The Morgan fingerprint density at radius 2 is 1.34 bits per heavy atom. The fourth-order valence-corrected chi connectivity index (χ4v) is 3.97. The molecule has 1 rings (SSSR count). The van der Waals surface area contributed by atoms with Gasteiger partial charge in [-0.05, 0) is 37.7 Å². The van der Waals surface area contributed by atoms with Gasteiger partial charge in [-0.3, -0.25) is 9.59 Å². The molecule has 32 heavy (non-hydrogen) atoms. The van der Waals surface area contributed by atoms with Crippen LogP contribution in [-0.4, -0.2) is 29.3 Å². The summed E-state index contributed by atoms with van der Waals surface area (Å²) in [5.74, 6) is -0.967. The molecule has 0 aliphatic heterocycles. The molecule has 0 aliphatic rings. The fourth-order valence-electron chi connectivity index (χ4n) is 3.97. The third-order valence-corrected chi connectivity index (χ3v) is 5.75. The van der Waals surface area contributed by atoms with Gasteiger partial charge in [0.25, 0.3) is 0 Å². The molecule has 0 saturated carbocycles. The Hall–Kier alpha value is -1.88. The summed E-state index contributed by atoms with van der Waals surface area (Å²) >= 11 is 0. The molecule has 2 atom stereocenters. The quantitative estimate of drug-likeness (QED) is 0.171. The number of carboxylic acid groups (broad SMARTS) is 1. The minimum Gasteiger partial charge on any atom is -0.481 e. The summed E-state index contributed by atoms with van der Waals surface area (Å²) in [6.45, 7) is 4.15. The van der Waals surface area contributed by atoms with Crippen LogP contribution in [0.5, 0.6) is 0 Å². The maximum absolute atomic E-state index is 11.3. The Balaban J connectivity index is 2.11. The van der Waals surface area contributed by atoms with Crippen LogP contribution in [0.25, 0.3) is 0 Å². The van der Waals surface area contributed by atoms with Crippen LogP contribution in [0.3, 0.4) is 0 Å². The number of aliphatic carboxylic acids is 1. The van der Waals surface area contributed by atoms with Crippen LogP contribution in [0.2, 0.25) is 0 Å². The summed E-state index contributed by atoms with van der Waals surface area (Å²) in [6, 6.07) is 9.89. The number of carbonyl (C=O) groups excluding carboxylic acids is 1. The standard InChI is InChI=1S/C27H44O5/c1-3-4-11-18-25(32-23(2)28)19-14-8-6-5-7-9-15-20-26(21-27(29)30)31-22-24-16-12-10-13-17-24/h10,12-13,16-17,25-26H,3-9,11,14-15,18-22H2,1-2H3,(H,29,30). The second-order valence-electron chi connectivity index (χ2n) is 8.80. The van der Waals surface area contributed by atoms with Gasteiger partial charge in [-0.15, -0.1) is 0 Å². The molecule has 0 bridgehead atoms. The van der Waals surface area contributed by atoms with E-state index in [1.807, 2.05) is 30.3 Å². The summed E-state index contributed by atoms with van der Waals surface area (Å²) in [6.07, 6.45) is 14.1. The number of ether oxygens (including phenoxy) is 2. The number of hydrogen-bond acceptors (Lipinski definition) is 4. The molecule has 1 N–H and O–H groups in total. The first-order valence-corrected chi connectivity index (χ1v) is 12.6. The first-order valence-electron chi connectivity index (χ1n) is 12.6. The van der Waals surface area contributed by atoms with Gasteiger partial charge in [0.05, 0.1) is 19.1 Å².